The van der Waals surface area contributed by atoms with Gasteiger partial charge in [0.25, 0.3) is 0 Å². The predicted molar refractivity (Wildman–Crippen MR) is 79.4 cm³/mol. The summed E-state index contributed by atoms with van der Waals surface area (Å²) in [5.41, 5.74) is -0.661. The molecule has 0 spiro atoms. The van der Waals surface area contributed by atoms with Crippen molar-refractivity contribution in [3.05, 3.63) is 22.7 Å². The first-order valence-corrected chi connectivity index (χ1v) is 8.12. The number of carbonyl (C=O) groups is 1. The highest BCUT2D eigenvalue weighted by Crippen LogP contribution is 2.35. The number of hydrogen-bond donors (Lipinski definition) is 1. The Bertz CT molecular complexity index is 774. The molecule has 2 aliphatic heterocycles. The second-order valence-electron chi connectivity index (χ2n) is 5.34. The lowest BCUT2D eigenvalue weighted by Gasteiger charge is -2.40. The van der Waals surface area contributed by atoms with Gasteiger partial charge < -0.3 is 10.1 Å². The summed E-state index contributed by atoms with van der Waals surface area (Å²) in [6.07, 6.45) is -0.303. The zero-order valence-electron chi connectivity index (χ0n) is 12.6. The highest BCUT2D eigenvalue weighted by molar-refractivity contribution is 7.75. The lowest BCUT2D eigenvalue weighted by Crippen LogP contribution is -2.50. The van der Waals surface area contributed by atoms with Gasteiger partial charge in [0.15, 0.2) is 6.23 Å². The summed E-state index contributed by atoms with van der Waals surface area (Å²) in [5.74, 6) is -0.922. The van der Waals surface area contributed by atoms with Gasteiger partial charge in [-0.25, -0.2) is 4.79 Å². The van der Waals surface area contributed by atoms with E-state index < -0.39 is 41.4 Å². The average Bonchev–Trinajstić information content (AvgIpc) is 2.53. The van der Waals surface area contributed by atoms with Gasteiger partial charge in [0, 0.05) is 13.1 Å². The van der Waals surface area contributed by atoms with Crippen LogP contribution < -0.4 is 11.0 Å². The molecular formula is C13H14N4O6S. The Labute approximate surface area is 139 Å². The molecule has 0 aromatic carbocycles. The molecule has 0 bridgehead atoms. The van der Waals surface area contributed by atoms with Gasteiger partial charge in [0.2, 0.25) is 5.91 Å². The number of nitrogens with zero attached hydrogens (tertiary/aromatic N) is 3. The fourth-order valence-electron chi connectivity index (χ4n) is 2.61. The van der Waals surface area contributed by atoms with Crippen LogP contribution in [0.1, 0.15) is 19.6 Å². The maximum atomic E-state index is 12.2. The number of rotatable bonds is 2. The minimum Gasteiger partial charge on any atom is -0.348 e. The molecule has 1 unspecified atom stereocenters. The van der Waals surface area contributed by atoms with Crippen LogP contribution in [0.5, 0.6) is 0 Å². The lowest BCUT2D eigenvalue weighted by atomic mass is 9.94. The highest BCUT2D eigenvalue weighted by Gasteiger charge is 2.44. The number of anilines is 1. The van der Waals surface area contributed by atoms with Crippen LogP contribution in [0.3, 0.4) is 0 Å². The number of hydrogen-bond acceptors (Lipinski definition) is 8. The molecule has 1 aromatic rings. The quantitative estimate of drug-likeness (QED) is 0.760. The van der Waals surface area contributed by atoms with Crippen molar-refractivity contribution in [1.29, 1.82) is 5.26 Å². The van der Waals surface area contributed by atoms with Gasteiger partial charge in [-0.3, -0.25) is 17.7 Å². The molecule has 10 nitrogen and oxygen atoms in total. The van der Waals surface area contributed by atoms with E-state index in [1.54, 1.807) is 0 Å². The summed E-state index contributed by atoms with van der Waals surface area (Å²) >= 11 is -1.86. The summed E-state index contributed by atoms with van der Waals surface area (Å²) in [6.45, 7) is 1.34. The number of nitrogens with one attached hydrogen (secondary N) is 1. The average molecular weight is 354 g/mol. The van der Waals surface area contributed by atoms with Crippen LogP contribution in [0.15, 0.2) is 17.1 Å². The standard InChI is InChI=1S/C13H14N4O6S/c1-7(18)15-11-2-3-17(13(19)16-11)12-8(5-14)4-9-10(22-12)6-21-24(20)23-9/h2-3,8-10,12H,4,6H2,1H3,(H,15,16,18,19)/t8-,9+,10-,12-,24?/m1/s1. The number of fused-ring (bicyclic) bond motifs is 1. The minimum atomic E-state index is -1.86. The maximum Gasteiger partial charge on any atom is 0.351 e. The number of aromatic nitrogens is 2. The monoisotopic (exact) mass is 354 g/mol. The van der Waals surface area contributed by atoms with Crippen LogP contribution in [0.4, 0.5) is 5.82 Å². The third-order valence-corrected chi connectivity index (χ3v) is 4.40. The molecule has 1 aromatic heterocycles. The van der Waals surface area contributed by atoms with E-state index in [0.717, 1.165) is 0 Å². The van der Waals surface area contributed by atoms with Gasteiger partial charge in [-0.1, -0.05) is 0 Å². The van der Waals surface area contributed by atoms with E-state index in [1.807, 2.05) is 0 Å². The Morgan fingerprint density at radius 1 is 1.54 bits per heavy atom. The topological polar surface area (TPSA) is 133 Å². The summed E-state index contributed by atoms with van der Waals surface area (Å²) in [4.78, 5) is 27.0. The molecule has 0 aliphatic carbocycles. The number of carbonyl (C=O) groups excluding carboxylic acids is 1. The van der Waals surface area contributed by atoms with Gasteiger partial charge in [0.05, 0.1) is 18.6 Å². The Kier molecular flexibility index (Phi) is 4.72. The molecule has 1 amide bonds. The number of nitriles is 1. The van der Waals surface area contributed by atoms with E-state index in [-0.39, 0.29) is 24.8 Å². The Balaban J connectivity index is 1.85. The first-order valence-electron chi connectivity index (χ1n) is 7.12. The van der Waals surface area contributed by atoms with E-state index in [0.29, 0.717) is 0 Å². The molecule has 5 atom stereocenters. The molecule has 1 N–H and O–H groups in total. The number of amides is 1. The first kappa shape index (κ1) is 16.7. The van der Waals surface area contributed by atoms with Crippen LogP contribution in [-0.2, 0) is 29.3 Å². The van der Waals surface area contributed by atoms with Crippen molar-refractivity contribution in [2.75, 3.05) is 11.9 Å². The van der Waals surface area contributed by atoms with Crippen molar-refractivity contribution in [1.82, 2.24) is 9.55 Å². The van der Waals surface area contributed by atoms with E-state index in [4.69, 9.17) is 13.1 Å². The first-order chi connectivity index (χ1) is 11.5. The molecule has 0 saturated carbocycles. The Morgan fingerprint density at radius 3 is 3.00 bits per heavy atom. The van der Waals surface area contributed by atoms with Gasteiger partial charge in [-0.15, -0.1) is 0 Å². The smallest absolute Gasteiger partial charge is 0.348 e. The maximum absolute atomic E-state index is 12.2. The molecule has 3 heterocycles. The van der Waals surface area contributed by atoms with Crippen molar-refractivity contribution in [2.45, 2.75) is 31.8 Å². The molecule has 24 heavy (non-hydrogen) atoms. The molecule has 2 fully saturated rings. The van der Waals surface area contributed by atoms with Gasteiger partial charge >= 0.3 is 17.1 Å². The van der Waals surface area contributed by atoms with E-state index in [1.165, 1.54) is 23.8 Å². The SMILES string of the molecule is CC(=O)Nc1ccn([C@@H]2O[C@@H]3COS(=O)O[C@H]3C[C@@H]2C#N)c(=O)n1. The third-order valence-electron chi connectivity index (χ3n) is 3.66. The molecular weight excluding hydrogens is 340 g/mol. The Morgan fingerprint density at radius 2 is 2.33 bits per heavy atom. The van der Waals surface area contributed by atoms with E-state index in [2.05, 4.69) is 16.4 Å². The second kappa shape index (κ2) is 6.78. The van der Waals surface area contributed by atoms with Crippen molar-refractivity contribution < 1.29 is 22.1 Å². The van der Waals surface area contributed by atoms with Crippen molar-refractivity contribution in [2.24, 2.45) is 5.92 Å². The minimum absolute atomic E-state index is 0.0398. The zero-order valence-corrected chi connectivity index (χ0v) is 13.4. The van der Waals surface area contributed by atoms with Gasteiger partial charge in [-0.05, 0) is 12.5 Å². The second-order valence-corrected chi connectivity index (χ2v) is 6.18. The van der Waals surface area contributed by atoms with E-state index in [9.17, 15) is 19.1 Å². The van der Waals surface area contributed by atoms with Crippen LogP contribution >= 0.6 is 0 Å². The highest BCUT2D eigenvalue weighted by atomic mass is 32.2. The summed E-state index contributed by atoms with van der Waals surface area (Å²) in [7, 11) is 0. The molecule has 2 aliphatic rings. The molecule has 0 radical (unpaired) electrons. The molecule has 128 valence electrons. The zero-order chi connectivity index (χ0) is 17.3. The van der Waals surface area contributed by atoms with Crippen molar-refractivity contribution in [3.63, 3.8) is 0 Å². The van der Waals surface area contributed by atoms with Crippen LogP contribution in [0.25, 0.3) is 0 Å². The predicted octanol–water partition coefficient (Wildman–Crippen LogP) is -0.377. The van der Waals surface area contributed by atoms with Crippen LogP contribution in [0.2, 0.25) is 0 Å². The molecule has 3 rings (SSSR count). The molecule has 2 saturated heterocycles. The van der Waals surface area contributed by atoms with Gasteiger partial charge in [-0.2, -0.15) is 14.5 Å². The summed E-state index contributed by atoms with van der Waals surface area (Å²) in [5, 5.41) is 11.8. The Hall–Kier alpha value is -2.13. The van der Waals surface area contributed by atoms with Crippen molar-refractivity contribution >= 4 is 23.1 Å². The number of ether oxygens (including phenoxy) is 1. The summed E-state index contributed by atoms with van der Waals surface area (Å²) in [6, 6.07) is 3.51. The van der Waals surface area contributed by atoms with E-state index >= 15 is 0 Å². The largest absolute Gasteiger partial charge is 0.351 e. The lowest BCUT2D eigenvalue weighted by molar-refractivity contribution is -0.178. The molecule has 11 heteroatoms. The summed E-state index contributed by atoms with van der Waals surface area (Å²) < 4.78 is 28.2. The third kappa shape index (κ3) is 3.36. The van der Waals surface area contributed by atoms with Gasteiger partial charge in [0.1, 0.15) is 18.0 Å². The fourth-order valence-corrected chi connectivity index (χ4v) is 3.32. The van der Waals surface area contributed by atoms with Crippen molar-refractivity contribution in [3.8, 4) is 6.07 Å². The van der Waals surface area contributed by atoms with Crippen LogP contribution in [-0.4, -0.2) is 38.5 Å². The van der Waals surface area contributed by atoms with Crippen LogP contribution in [0, 0.1) is 17.2 Å². The normalized spacial score (nSPS) is 32.4. The fraction of sp³-hybridized carbons (Fsp3) is 0.538.